The summed E-state index contributed by atoms with van der Waals surface area (Å²) in [6, 6.07) is 17.4. The summed E-state index contributed by atoms with van der Waals surface area (Å²) in [7, 11) is 1.64. The van der Waals surface area contributed by atoms with E-state index in [-0.39, 0.29) is 11.9 Å². The lowest BCUT2D eigenvalue weighted by Gasteiger charge is -2.17. The van der Waals surface area contributed by atoms with E-state index in [0.717, 1.165) is 16.9 Å². The molecule has 104 valence electrons. The smallest absolute Gasteiger partial charge is 0.224 e. The number of rotatable bonds is 5. The Morgan fingerprint density at radius 3 is 2.45 bits per heavy atom. The monoisotopic (exact) mass is 269 g/mol. The van der Waals surface area contributed by atoms with Crippen LogP contribution in [0.15, 0.2) is 54.6 Å². The molecule has 1 amide bonds. The van der Waals surface area contributed by atoms with E-state index >= 15 is 0 Å². The maximum Gasteiger partial charge on any atom is 0.224 e. The third-order valence-electron chi connectivity index (χ3n) is 3.19. The van der Waals surface area contributed by atoms with Gasteiger partial charge < -0.3 is 10.1 Å². The fourth-order valence-corrected chi connectivity index (χ4v) is 2.18. The second-order valence-electron chi connectivity index (χ2n) is 4.69. The van der Waals surface area contributed by atoms with E-state index in [2.05, 4.69) is 5.32 Å². The van der Waals surface area contributed by atoms with Crippen LogP contribution in [0.4, 0.5) is 0 Å². The Balaban J connectivity index is 2.00. The topological polar surface area (TPSA) is 38.3 Å². The number of nitrogens with one attached hydrogen (secondary N) is 1. The molecular formula is C17H19NO2. The predicted octanol–water partition coefficient (Wildman–Crippen LogP) is 3.12. The number of carbonyl (C=O) groups excluding carboxylic acids is 1. The van der Waals surface area contributed by atoms with Crippen LogP contribution in [0.2, 0.25) is 0 Å². The molecule has 0 heterocycles. The average Bonchev–Trinajstić information content (AvgIpc) is 2.48. The first-order valence-corrected chi connectivity index (χ1v) is 6.67. The molecule has 0 unspecified atom stereocenters. The van der Waals surface area contributed by atoms with Crippen molar-refractivity contribution >= 4 is 5.91 Å². The lowest BCUT2D eigenvalue weighted by molar-refractivity contribution is -0.121. The largest absolute Gasteiger partial charge is 0.496 e. The van der Waals surface area contributed by atoms with Crippen molar-refractivity contribution in [3.05, 3.63) is 65.7 Å². The van der Waals surface area contributed by atoms with E-state index in [1.807, 2.05) is 61.5 Å². The quantitative estimate of drug-likeness (QED) is 0.905. The molecule has 2 aromatic rings. The summed E-state index contributed by atoms with van der Waals surface area (Å²) in [4.78, 5) is 12.0. The van der Waals surface area contributed by atoms with Gasteiger partial charge in [-0.3, -0.25) is 4.79 Å². The Bertz CT molecular complexity index is 566. The summed E-state index contributed by atoms with van der Waals surface area (Å²) in [5, 5.41) is 3.00. The molecule has 0 fully saturated rings. The first-order valence-electron chi connectivity index (χ1n) is 6.67. The molecule has 0 aliphatic rings. The second-order valence-corrected chi connectivity index (χ2v) is 4.69. The van der Waals surface area contributed by atoms with Gasteiger partial charge in [0.2, 0.25) is 5.91 Å². The highest BCUT2D eigenvalue weighted by atomic mass is 16.5. The SMILES string of the molecule is COc1ccccc1[C@@H](C)NC(=O)Cc1ccccc1. The van der Waals surface area contributed by atoms with Gasteiger partial charge in [0.1, 0.15) is 5.75 Å². The standard InChI is InChI=1S/C17H19NO2/c1-13(15-10-6-7-11-16(15)20-2)18-17(19)12-14-8-4-3-5-9-14/h3-11,13H,12H2,1-2H3,(H,18,19)/t13-/m1/s1. The van der Waals surface area contributed by atoms with Crippen LogP contribution in [0, 0.1) is 0 Å². The highest BCUT2D eigenvalue weighted by Gasteiger charge is 2.13. The van der Waals surface area contributed by atoms with Gasteiger partial charge in [-0.15, -0.1) is 0 Å². The lowest BCUT2D eigenvalue weighted by Crippen LogP contribution is -2.28. The van der Waals surface area contributed by atoms with Crippen LogP contribution in [-0.4, -0.2) is 13.0 Å². The van der Waals surface area contributed by atoms with Gasteiger partial charge >= 0.3 is 0 Å². The third-order valence-corrected chi connectivity index (χ3v) is 3.19. The normalized spacial score (nSPS) is 11.7. The molecule has 3 nitrogen and oxygen atoms in total. The molecule has 0 bridgehead atoms. The van der Waals surface area contributed by atoms with Gasteiger partial charge in [0.05, 0.1) is 19.6 Å². The van der Waals surface area contributed by atoms with Crippen LogP contribution in [0.5, 0.6) is 5.75 Å². The van der Waals surface area contributed by atoms with Crippen molar-refractivity contribution in [1.29, 1.82) is 0 Å². The number of benzene rings is 2. The summed E-state index contributed by atoms with van der Waals surface area (Å²) in [6.45, 7) is 1.96. The molecule has 20 heavy (non-hydrogen) atoms. The number of hydrogen-bond acceptors (Lipinski definition) is 2. The minimum Gasteiger partial charge on any atom is -0.496 e. The molecule has 2 aromatic carbocycles. The van der Waals surface area contributed by atoms with E-state index in [1.54, 1.807) is 7.11 Å². The first kappa shape index (κ1) is 14.1. The zero-order valence-electron chi connectivity index (χ0n) is 11.8. The number of amides is 1. The van der Waals surface area contributed by atoms with Crippen LogP contribution in [0.1, 0.15) is 24.1 Å². The van der Waals surface area contributed by atoms with Gasteiger partial charge in [0.25, 0.3) is 0 Å². The molecule has 0 aromatic heterocycles. The predicted molar refractivity (Wildman–Crippen MR) is 79.7 cm³/mol. The van der Waals surface area contributed by atoms with E-state index < -0.39 is 0 Å². The number of ether oxygens (including phenoxy) is 1. The van der Waals surface area contributed by atoms with Crippen molar-refractivity contribution in [2.75, 3.05) is 7.11 Å². The Morgan fingerprint density at radius 1 is 1.10 bits per heavy atom. The van der Waals surface area contributed by atoms with Crippen molar-refractivity contribution in [2.24, 2.45) is 0 Å². The fraction of sp³-hybridized carbons (Fsp3) is 0.235. The highest BCUT2D eigenvalue weighted by molar-refractivity contribution is 5.79. The summed E-state index contributed by atoms with van der Waals surface area (Å²) in [6.07, 6.45) is 0.389. The summed E-state index contributed by atoms with van der Waals surface area (Å²) in [5.41, 5.74) is 1.99. The zero-order valence-corrected chi connectivity index (χ0v) is 11.8. The average molecular weight is 269 g/mol. The van der Waals surface area contributed by atoms with Crippen LogP contribution in [-0.2, 0) is 11.2 Å². The molecule has 0 aliphatic heterocycles. The van der Waals surface area contributed by atoms with Gasteiger partial charge in [-0.25, -0.2) is 0 Å². The molecule has 0 saturated heterocycles. The number of hydrogen-bond donors (Lipinski definition) is 1. The van der Waals surface area contributed by atoms with E-state index in [0.29, 0.717) is 6.42 Å². The molecule has 1 N–H and O–H groups in total. The van der Waals surface area contributed by atoms with E-state index in [9.17, 15) is 4.79 Å². The van der Waals surface area contributed by atoms with Crippen molar-refractivity contribution < 1.29 is 9.53 Å². The van der Waals surface area contributed by atoms with E-state index in [4.69, 9.17) is 4.74 Å². The maximum atomic E-state index is 12.0. The second kappa shape index (κ2) is 6.75. The fourth-order valence-electron chi connectivity index (χ4n) is 2.18. The third kappa shape index (κ3) is 3.60. The van der Waals surface area contributed by atoms with E-state index in [1.165, 1.54) is 0 Å². The van der Waals surface area contributed by atoms with Crippen molar-refractivity contribution in [3.63, 3.8) is 0 Å². The van der Waals surface area contributed by atoms with Gasteiger partial charge in [-0.05, 0) is 18.6 Å². The Morgan fingerprint density at radius 2 is 1.75 bits per heavy atom. The molecule has 3 heteroatoms. The summed E-state index contributed by atoms with van der Waals surface area (Å²) >= 11 is 0. The minimum absolute atomic E-state index is 0.00889. The Hall–Kier alpha value is -2.29. The molecule has 0 spiro atoms. The van der Waals surface area contributed by atoms with Crippen LogP contribution in [0.25, 0.3) is 0 Å². The lowest BCUT2D eigenvalue weighted by atomic mass is 10.1. The number of methoxy groups -OCH3 is 1. The molecule has 1 atom stereocenters. The van der Waals surface area contributed by atoms with Crippen molar-refractivity contribution in [3.8, 4) is 5.75 Å². The number of para-hydroxylation sites is 1. The van der Waals surface area contributed by atoms with Gasteiger partial charge in [0, 0.05) is 5.56 Å². The van der Waals surface area contributed by atoms with Gasteiger partial charge in [0.15, 0.2) is 0 Å². The zero-order chi connectivity index (χ0) is 14.4. The van der Waals surface area contributed by atoms with Crippen molar-refractivity contribution in [1.82, 2.24) is 5.32 Å². The van der Waals surface area contributed by atoms with Crippen molar-refractivity contribution in [2.45, 2.75) is 19.4 Å². The Labute approximate surface area is 119 Å². The molecule has 0 saturated carbocycles. The minimum atomic E-state index is -0.0811. The maximum absolute atomic E-state index is 12.0. The summed E-state index contributed by atoms with van der Waals surface area (Å²) in [5.74, 6) is 0.801. The molecule has 2 rings (SSSR count). The Kier molecular flexibility index (Phi) is 4.77. The molecule has 0 aliphatic carbocycles. The van der Waals surface area contributed by atoms with Crippen LogP contribution < -0.4 is 10.1 Å². The first-order chi connectivity index (χ1) is 9.70. The highest BCUT2D eigenvalue weighted by Crippen LogP contribution is 2.24. The number of carbonyl (C=O) groups is 1. The molecule has 0 radical (unpaired) electrons. The van der Waals surface area contributed by atoms with Gasteiger partial charge in [-0.1, -0.05) is 48.5 Å². The van der Waals surface area contributed by atoms with Crippen LogP contribution >= 0.6 is 0 Å². The summed E-state index contributed by atoms with van der Waals surface area (Å²) < 4.78 is 5.32. The molecular weight excluding hydrogens is 250 g/mol. The van der Waals surface area contributed by atoms with Crippen LogP contribution in [0.3, 0.4) is 0 Å². The van der Waals surface area contributed by atoms with Gasteiger partial charge in [-0.2, -0.15) is 0 Å².